The predicted molar refractivity (Wildman–Crippen MR) is 54.2 cm³/mol. The molecule has 0 aromatic heterocycles. The van der Waals surface area contributed by atoms with E-state index < -0.39 is 0 Å². The largest absolute Gasteiger partial charge is 0.497 e. The number of rotatable bonds is 6. The summed E-state index contributed by atoms with van der Waals surface area (Å²) in [7, 11) is 3.18. The van der Waals surface area contributed by atoms with E-state index in [0.29, 0.717) is 6.32 Å². The van der Waals surface area contributed by atoms with Gasteiger partial charge in [0, 0.05) is 0 Å². The summed E-state index contributed by atoms with van der Waals surface area (Å²) in [6.07, 6.45) is 0.652. The number of hydrogen-bond donors (Lipinski definition) is 0. The van der Waals surface area contributed by atoms with Crippen molar-refractivity contribution < 1.29 is 9.39 Å². The maximum atomic E-state index is 9.69. The van der Waals surface area contributed by atoms with Gasteiger partial charge in [-0.2, -0.15) is 0 Å². The Morgan fingerprint density at radius 3 is 2.64 bits per heavy atom. The molecule has 0 fully saturated rings. The highest BCUT2D eigenvalue weighted by molar-refractivity contribution is 6.26. The van der Waals surface area contributed by atoms with Crippen molar-refractivity contribution in [2.45, 2.75) is 6.32 Å². The number of ether oxygens (including phenoxy) is 1. The average molecular weight is 192 g/mol. The molecule has 0 heterocycles. The molecule has 0 aliphatic heterocycles. The van der Waals surface area contributed by atoms with Crippen molar-refractivity contribution in [3.05, 3.63) is 34.7 Å². The number of nitrogens with zero attached hydrogens (tertiary/aromatic N) is 1. The second kappa shape index (κ2) is 6.15. The van der Waals surface area contributed by atoms with Crippen molar-refractivity contribution in [1.82, 2.24) is 0 Å². The summed E-state index contributed by atoms with van der Waals surface area (Å²) in [4.78, 5) is 9.69. The third-order valence-corrected chi connectivity index (χ3v) is 1.72. The van der Waals surface area contributed by atoms with Crippen LogP contribution in [0.5, 0.6) is 5.75 Å². The Bertz CT molecular complexity index is 276. The van der Waals surface area contributed by atoms with Gasteiger partial charge in [-0.05, 0) is 23.6 Å². The second-order valence-electron chi connectivity index (χ2n) is 2.64. The highest BCUT2D eigenvalue weighted by atomic mass is 16.5. The first-order chi connectivity index (χ1) is 6.86. The minimum absolute atomic E-state index is 0.129. The Labute approximate surface area is 83.5 Å². The third-order valence-electron chi connectivity index (χ3n) is 1.72. The van der Waals surface area contributed by atoms with E-state index in [1.165, 1.54) is 0 Å². The molecular formula is C9H11BNO3. The fourth-order valence-electron chi connectivity index (χ4n) is 1.000. The summed E-state index contributed by atoms with van der Waals surface area (Å²) in [6, 6.07) is 7.63. The zero-order chi connectivity index (χ0) is 10.2. The summed E-state index contributed by atoms with van der Waals surface area (Å²) < 4.78 is 9.82. The van der Waals surface area contributed by atoms with Gasteiger partial charge in [-0.15, -0.1) is 4.91 Å². The molecule has 5 heteroatoms. The lowest BCUT2D eigenvalue weighted by Crippen LogP contribution is -2.02. The molecular weight excluding hydrogens is 181 g/mol. The molecule has 14 heavy (non-hydrogen) atoms. The summed E-state index contributed by atoms with van der Waals surface area (Å²) in [6.45, 7) is -0.129. The smallest absolute Gasteiger partial charge is 0.299 e. The van der Waals surface area contributed by atoms with Gasteiger partial charge in [0.05, 0.1) is 7.11 Å². The molecule has 1 aromatic rings. The zero-order valence-corrected chi connectivity index (χ0v) is 7.97. The van der Waals surface area contributed by atoms with E-state index in [9.17, 15) is 4.91 Å². The molecule has 0 atom stereocenters. The van der Waals surface area contributed by atoms with E-state index in [-0.39, 0.29) is 6.73 Å². The van der Waals surface area contributed by atoms with Crippen LogP contribution in [0.1, 0.15) is 5.56 Å². The van der Waals surface area contributed by atoms with Crippen molar-refractivity contribution in [1.29, 1.82) is 0 Å². The van der Waals surface area contributed by atoms with Crippen LogP contribution >= 0.6 is 0 Å². The van der Waals surface area contributed by atoms with Gasteiger partial charge in [-0.3, -0.25) is 0 Å². The summed E-state index contributed by atoms with van der Waals surface area (Å²) in [5.74, 6) is 0.823. The fourth-order valence-corrected chi connectivity index (χ4v) is 1.000. The van der Waals surface area contributed by atoms with Gasteiger partial charge in [-0.1, -0.05) is 17.7 Å². The molecule has 1 radical (unpaired) electrons. The Morgan fingerprint density at radius 1 is 1.36 bits per heavy atom. The van der Waals surface area contributed by atoms with E-state index in [0.717, 1.165) is 11.3 Å². The van der Waals surface area contributed by atoms with Gasteiger partial charge in [0.25, 0.3) is 7.48 Å². The molecule has 0 aliphatic carbocycles. The number of methoxy groups -OCH3 is 1. The molecule has 0 saturated carbocycles. The fraction of sp³-hybridized carbons (Fsp3) is 0.333. The molecule has 73 valence electrons. The minimum atomic E-state index is -0.129. The quantitative estimate of drug-likeness (QED) is 0.390. The first kappa shape index (κ1) is 10.7. The van der Waals surface area contributed by atoms with E-state index in [4.69, 9.17) is 9.39 Å². The Morgan fingerprint density at radius 2 is 2.07 bits per heavy atom. The normalized spacial score (nSPS) is 9.50. The molecule has 0 N–H and O–H groups in total. The number of benzene rings is 1. The van der Waals surface area contributed by atoms with Crippen LogP contribution in [0, 0.1) is 4.91 Å². The van der Waals surface area contributed by atoms with Crippen LogP contribution in [0.25, 0.3) is 0 Å². The Kier molecular flexibility index (Phi) is 4.71. The Balaban J connectivity index is 2.32. The van der Waals surface area contributed by atoms with Gasteiger partial charge in [0.1, 0.15) is 5.75 Å². The molecule has 0 aliphatic rings. The van der Waals surface area contributed by atoms with Gasteiger partial charge in [0.15, 0.2) is 6.73 Å². The molecule has 0 bridgehead atoms. The molecule has 4 nitrogen and oxygen atoms in total. The van der Waals surface area contributed by atoms with Gasteiger partial charge >= 0.3 is 0 Å². The SMILES string of the molecule is COc1ccc(C[B]OCN=O)cc1. The predicted octanol–water partition coefficient (Wildman–Crippen LogP) is 1.55. The first-order valence-electron chi connectivity index (χ1n) is 4.22. The molecule has 0 unspecified atom stereocenters. The summed E-state index contributed by atoms with van der Waals surface area (Å²) >= 11 is 0. The number of nitroso groups, excluding NO2 is 1. The van der Waals surface area contributed by atoms with Gasteiger partial charge in [0.2, 0.25) is 0 Å². The molecule has 1 rings (SSSR count). The maximum Gasteiger partial charge on any atom is 0.299 e. The molecule has 0 amide bonds. The molecule has 0 saturated heterocycles. The standard InChI is InChI=1S/C9H11BNO3/c1-13-9-4-2-8(3-5-9)6-10-14-7-11-12/h2-5H,6-7H2,1H3. The average Bonchev–Trinajstić information content (AvgIpc) is 2.25. The lowest BCUT2D eigenvalue weighted by Gasteiger charge is -2.01. The lowest BCUT2D eigenvalue weighted by molar-refractivity contribution is 0.348. The van der Waals surface area contributed by atoms with Crippen LogP contribution in [0.3, 0.4) is 0 Å². The monoisotopic (exact) mass is 192 g/mol. The van der Waals surface area contributed by atoms with E-state index >= 15 is 0 Å². The maximum absolute atomic E-state index is 9.69. The van der Waals surface area contributed by atoms with Crippen molar-refractivity contribution >= 4 is 7.48 Å². The van der Waals surface area contributed by atoms with Crippen molar-refractivity contribution in [3.63, 3.8) is 0 Å². The van der Waals surface area contributed by atoms with Gasteiger partial charge < -0.3 is 9.39 Å². The van der Waals surface area contributed by atoms with Crippen LogP contribution in [-0.2, 0) is 11.0 Å². The van der Waals surface area contributed by atoms with E-state index in [1.807, 2.05) is 24.3 Å². The van der Waals surface area contributed by atoms with E-state index in [2.05, 4.69) is 5.18 Å². The molecule has 0 spiro atoms. The van der Waals surface area contributed by atoms with E-state index in [1.54, 1.807) is 14.6 Å². The summed E-state index contributed by atoms with van der Waals surface area (Å²) in [5.41, 5.74) is 1.09. The van der Waals surface area contributed by atoms with Crippen molar-refractivity contribution in [3.8, 4) is 5.75 Å². The summed E-state index contributed by atoms with van der Waals surface area (Å²) in [5, 5.41) is 2.57. The zero-order valence-electron chi connectivity index (χ0n) is 7.97. The highest BCUT2D eigenvalue weighted by Gasteiger charge is 1.96. The van der Waals surface area contributed by atoms with Crippen LogP contribution in [0.4, 0.5) is 0 Å². The lowest BCUT2D eigenvalue weighted by atomic mass is 9.89. The third kappa shape index (κ3) is 3.57. The Hall–Kier alpha value is -1.36. The van der Waals surface area contributed by atoms with Crippen molar-refractivity contribution in [2.24, 2.45) is 5.18 Å². The number of hydrogen-bond acceptors (Lipinski definition) is 4. The highest BCUT2D eigenvalue weighted by Crippen LogP contribution is 2.11. The van der Waals surface area contributed by atoms with Crippen LogP contribution in [0.2, 0.25) is 0 Å². The van der Waals surface area contributed by atoms with Crippen LogP contribution in [0.15, 0.2) is 29.4 Å². The molecule has 1 aromatic carbocycles. The first-order valence-corrected chi connectivity index (χ1v) is 4.22. The minimum Gasteiger partial charge on any atom is -0.497 e. The van der Waals surface area contributed by atoms with Gasteiger partial charge in [-0.25, -0.2) is 0 Å². The second-order valence-corrected chi connectivity index (χ2v) is 2.64. The topological polar surface area (TPSA) is 47.9 Å². The van der Waals surface area contributed by atoms with Crippen molar-refractivity contribution in [2.75, 3.05) is 13.8 Å². The van der Waals surface area contributed by atoms with Crippen LogP contribution in [-0.4, -0.2) is 21.3 Å². The van der Waals surface area contributed by atoms with Crippen LogP contribution < -0.4 is 4.74 Å².